The molecule has 0 aliphatic heterocycles. The molecule has 126 valence electrons. The van der Waals surface area contributed by atoms with Crippen molar-refractivity contribution in [3.63, 3.8) is 0 Å². The van der Waals surface area contributed by atoms with Crippen LogP contribution >= 0.6 is 0 Å². The maximum atomic E-state index is 12.6. The Labute approximate surface area is 138 Å². The maximum Gasteiger partial charge on any atom is 0.330 e. The Kier molecular flexibility index (Phi) is 4.09. The first-order chi connectivity index (χ1) is 11.4. The molecule has 1 aliphatic rings. The fraction of sp³-hybridized carbons (Fsp3) is 0.412. The van der Waals surface area contributed by atoms with E-state index in [-0.39, 0.29) is 17.3 Å². The van der Waals surface area contributed by atoms with E-state index in [0.29, 0.717) is 24.3 Å². The van der Waals surface area contributed by atoms with Crippen molar-refractivity contribution in [3.05, 3.63) is 50.8 Å². The highest BCUT2D eigenvalue weighted by atomic mass is 16.2. The summed E-state index contributed by atoms with van der Waals surface area (Å²) in [5.41, 5.74) is 0.582. The van der Waals surface area contributed by atoms with Crippen molar-refractivity contribution < 1.29 is 4.79 Å². The van der Waals surface area contributed by atoms with E-state index >= 15 is 0 Å². The van der Waals surface area contributed by atoms with Crippen molar-refractivity contribution in [2.75, 3.05) is 13.1 Å². The van der Waals surface area contributed by atoms with Gasteiger partial charge >= 0.3 is 5.69 Å². The summed E-state index contributed by atoms with van der Waals surface area (Å²) in [6.07, 6.45) is 3.22. The summed E-state index contributed by atoms with van der Waals surface area (Å²) in [6, 6.07) is 1.60. The van der Waals surface area contributed by atoms with Crippen molar-refractivity contribution in [2.24, 2.45) is 0 Å². The first-order valence-corrected chi connectivity index (χ1v) is 8.00. The van der Waals surface area contributed by atoms with Crippen LogP contribution in [0.3, 0.4) is 0 Å². The van der Waals surface area contributed by atoms with Crippen LogP contribution in [0.1, 0.15) is 43.1 Å². The Hall–Kier alpha value is -2.70. The zero-order valence-electron chi connectivity index (χ0n) is 13.8. The molecule has 2 aromatic heterocycles. The number of fused-ring (bicyclic) bond motifs is 1. The summed E-state index contributed by atoms with van der Waals surface area (Å²) in [5.74, 6) is -0.210. The third-order valence-electron chi connectivity index (χ3n) is 4.07. The molecule has 1 aliphatic carbocycles. The van der Waals surface area contributed by atoms with E-state index in [1.54, 1.807) is 4.90 Å². The van der Waals surface area contributed by atoms with Gasteiger partial charge < -0.3 is 4.90 Å². The summed E-state index contributed by atoms with van der Waals surface area (Å²) in [7, 11) is 0. The number of aromatic amines is 1. The summed E-state index contributed by atoms with van der Waals surface area (Å²) in [4.78, 5) is 45.0. The Balaban J connectivity index is 2.09. The Bertz CT molecular complexity index is 937. The molecule has 3 rings (SSSR count). The molecule has 0 unspecified atom stereocenters. The van der Waals surface area contributed by atoms with Crippen LogP contribution in [0.25, 0.3) is 11.0 Å². The highest BCUT2D eigenvalue weighted by Crippen LogP contribution is 2.34. The van der Waals surface area contributed by atoms with E-state index in [1.165, 1.54) is 16.8 Å². The molecule has 0 spiro atoms. The lowest BCUT2D eigenvalue weighted by Gasteiger charge is -2.21. The Morgan fingerprint density at radius 3 is 2.75 bits per heavy atom. The SMILES string of the molecule is C=C(C)CN(CC)C(=O)c1cnc2c(c1)c(=O)[nH]c(=O)n2C1CC1. The monoisotopic (exact) mass is 328 g/mol. The van der Waals surface area contributed by atoms with Gasteiger partial charge in [-0.05, 0) is 32.8 Å². The van der Waals surface area contributed by atoms with Gasteiger partial charge in [0.1, 0.15) is 5.65 Å². The third-order valence-corrected chi connectivity index (χ3v) is 4.07. The molecule has 0 radical (unpaired) electrons. The molecule has 0 bridgehead atoms. The number of hydrogen-bond acceptors (Lipinski definition) is 4. The second-order valence-corrected chi connectivity index (χ2v) is 6.23. The molecule has 1 fully saturated rings. The number of carbonyl (C=O) groups is 1. The molecule has 7 nitrogen and oxygen atoms in total. The van der Waals surface area contributed by atoms with E-state index in [4.69, 9.17) is 0 Å². The normalized spacial score (nSPS) is 13.9. The molecule has 1 amide bonds. The van der Waals surface area contributed by atoms with Gasteiger partial charge in [0.05, 0.1) is 10.9 Å². The second-order valence-electron chi connectivity index (χ2n) is 6.23. The topological polar surface area (TPSA) is 88.1 Å². The van der Waals surface area contributed by atoms with Crippen LogP contribution in [0.2, 0.25) is 0 Å². The highest BCUT2D eigenvalue weighted by molar-refractivity contribution is 5.96. The van der Waals surface area contributed by atoms with Crippen molar-refractivity contribution in [1.29, 1.82) is 0 Å². The van der Waals surface area contributed by atoms with Crippen LogP contribution in [0.5, 0.6) is 0 Å². The summed E-state index contributed by atoms with van der Waals surface area (Å²) >= 11 is 0. The van der Waals surface area contributed by atoms with Gasteiger partial charge in [-0.1, -0.05) is 12.2 Å². The fourth-order valence-corrected chi connectivity index (χ4v) is 2.76. The summed E-state index contributed by atoms with van der Waals surface area (Å²) in [6.45, 7) is 8.54. The quantitative estimate of drug-likeness (QED) is 0.842. The van der Waals surface area contributed by atoms with E-state index < -0.39 is 11.2 Å². The second kappa shape index (κ2) is 6.07. The largest absolute Gasteiger partial charge is 0.335 e. The van der Waals surface area contributed by atoms with E-state index in [2.05, 4.69) is 16.5 Å². The van der Waals surface area contributed by atoms with Gasteiger partial charge in [-0.15, -0.1) is 0 Å². The van der Waals surface area contributed by atoms with E-state index in [1.807, 2.05) is 13.8 Å². The van der Waals surface area contributed by atoms with Gasteiger partial charge in [0.15, 0.2) is 0 Å². The number of H-pyrrole nitrogens is 1. The number of carbonyl (C=O) groups excluding carboxylic acids is 1. The minimum absolute atomic E-state index is 0.0847. The van der Waals surface area contributed by atoms with Crippen molar-refractivity contribution in [2.45, 2.75) is 32.7 Å². The number of hydrogen-bond donors (Lipinski definition) is 1. The predicted molar refractivity (Wildman–Crippen MR) is 91.3 cm³/mol. The number of rotatable bonds is 5. The lowest BCUT2D eigenvalue weighted by Crippen LogP contribution is -2.33. The molecule has 2 aromatic rings. The Morgan fingerprint density at radius 1 is 1.46 bits per heavy atom. The zero-order valence-corrected chi connectivity index (χ0v) is 13.8. The molecule has 0 saturated heterocycles. The minimum atomic E-state index is -0.517. The number of aromatic nitrogens is 3. The lowest BCUT2D eigenvalue weighted by molar-refractivity contribution is 0.0778. The first-order valence-electron chi connectivity index (χ1n) is 8.00. The summed E-state index contributed by atoms with van der Waals surface area (Å²) < 4.78 is 1.51. The molecule has 1 saturated carbocycles. The van der Waals surface area contributed by atoms with Crippen LogP contribution in [0.4, 0.5) is 0 Å². The van der Waals surface area contributed by atoms with E-state index in [9.17, 15) is 14.4 Å². The van der Waals surface area contributed by atoms with Gasteiger partial charge in [0, 0.05) is 25.3 Å². The maximum absolute atomic E-state index is 12.6. The number of nitrogens with zero attached hydrogens (tertiary/aromatic N) is 3. The molecule has 0 atom stereocenters. The Morgan fingerprint density at radius 2 is 2.17 bits per heavy atom. The van der Waals surface area contributed by atoms with Crippen LogP contribution in [-0.4, -0.2) is 38.4 Å². The van der Waals surface area contributed by atoms with Crippen LogP contribution in [0.15, 0.2) is 34.0 Å². The molecular weight excluding hydrogens is 308 g/mol. The first kappa shape index (κ1) is 16.2. The smallest absolute Gasteiger partial charge is 0.330 e. The number of nitrogens with one attached hydrogen (secondary N) is 1. The average Bonchev–Trinajstić information content (AvgIpc) is 3.36. The fourth-order valence-electron chi connectivity index (χ4n) is 2.76. The van der Waals surface area contributed by atoms with Crippen LogP contribution < -0.4 is 11.2 Å². The predicted octanol–water partition coefficient (Wildman–Crippen LogP) is 1.46. The number of likely N-dealkylation sites (N-methyl/N-ethyl adjacent to an activating group) is 1. The zero-order chi connectivity index (χ0) is 17.4. The number of pyridine rings is 1. The average molecular weight is 328 g/mol. The molecule has 0 aromatic carbocycles. The van der Waals surface area contributed by atoms with Gasteiger partial charge in [-0.2, -0.15) is 0 Å². The molecule has 24 heavy (non-hydrogen) atoms. The highest BCUT2D eigenvalue weighted by Gasteiger charge is 2.28. The van der Waals surface area contributed by atoms with Crippen molar-refractivity contribution in [1.82, 2.24) is 19.4 Å². The van der Waals surface area contributed by atoms with E-state index in [0.717, 1.165) is 18.4 Å². The third kappa shape index (κ3) is 2.89. The van der Waals surface area contributed by atoms with Gasteiger partial charge in [-0.3, -0.25) is 19.1 Å². The molecule has 1 N–H and O–H groups in total. The number of amides is 1. The molecule has 2 heterocycles. The van der Waals surface area contributed by atoms with Gasteiger partial charge in [0.2, 0.25) is 0 Å². The lowest BCUT2D eigenvalue weighted by atomic mass is 10.2. The van der Waals surface area contributed by atoms with Gasteiger partial charge in [0.25, 0.3) is 11.5 Å². The summed E-state index contributed by atoms with van der Waals surface area (Å²) in [5, 5.41) is 0.263. The minimum Gasteiger partial charge on any atom is -0.335 e. The van der Waals surface area contributed by atoms with Crippen molar-refractivity contribution in [3.8, 4) is 0 Å². The standard InChI is InChI=1S/C17H20N4O3/c1-4-20(9-10(2)3)16(23)11-7-13-14(18-8-11)21(12-5-6-12)17(24)19-15(13)22/h7-8,12H,2,4-6,9H2,1,3H3,(H,19,22,24). The van der Waals surface area contributed by atoms with Crippen LogP contribution in [-0.2, 0) is 0 Å². The molecule has 7 heteroatoms. The molecular formula is C17H20N4O3. The van der Waals surface area contributed by atoms with Gasteiger partial charge in [-0.25, -0.2) is 9.78 Å². The van der Waals surface area contributed by atoms with Crippen LogP contribution in [0, 0.1) is 0 Å². The van der Waals surface area contributed by atoms with Crippen molar-refractivity contribution >= 4 is 16.9 Å².